The molecule has 0 bridgehead atoms. The summed E-state index contributed by atoms with van der Waals surface area (Å²) >= 11 is 0. The third-order valence-electron chi connectivity index (χ3n) is 6.58. The topological polar surface area (TPSA) is 97.1 Å². The van der Waals surface area contributed by atoms with Gasteiger partial charge in [-0.2, -0.15) is 4.98 Å². The van der Waals surface area contributed by atoms with E-state index in [0.717, 1.165) is 38.5 Å². The summed E-state index contributed by atoms with van der Waals surface area (Å²) in [5, 5.41) is 16.4. The molecule has 1 aliphatic carbocycles. The summed E-state index contributed by atoms with van der Waals surface area (Å²) in [4.78, 5) is 13.7. The largest absolute Gasteiger partial charge is 0.390 e. The Bertz CT molecular complexity index is 1120. The maximum atomic E-state index is 14.3. The number of nitrogens with one attached hydrogen (secondary N) is 2. The first-order chi connectivity index (χ1) is 15.9. The zero-order chi connectivity index (χ0) is 23.0. The average molecular weight is 475 g/mol. The molecule has 2 aromatic heterocycles. The van der Waals surface area contributed by atoms with Gasteiger partial charge in [0.2, 0.25) is 11.9 Å². The molecule has 3 N–H and O–H groups in total. The van der Waals surface area contributed by atoms with Gasteiger partial charge in [0.25, 0.3) is 0 Å². The highest BCUT2D eigenvalue weighted by Crippen LogP contribution is 2.33. The molecule has 2 fully saturated rings. The predicted octanol–water partition coefficient (Wildman–Crippen LogP) is 4.94. The molecular weight excluding hydrogens is 442 g/mol. The SMILES string of the molecule is C.CC1(O)CCC(Nc2ncc3nc(Nc4c(F)cccc4F)n(C4CCOCC4)c3n2)CC1. The molecule has 0 spiro atoms. The summed E-state index contributed by atoms with van der Waals surface area (Å²) in [6.07, 6.45) is 6.20. The van der Waals surface area contributed by atoms with Crippen molar-refractivity contribution >= 4 is 28.7 Å². The molecule has 0 unspecified atom stereocenters. The van der Waals surface area contributed by atoms with Crippen LogP contribution in [0, 0.1) is 11.6 Å². The van der Waals surface area contributed by atoms with Crippen molar-refractivity contribution in [2.24, 2.45) is 0 Å². The Morgan fingerprint density at radius 3 is 2.44 bits per heavy atom. The van der Waals surface area contributed by atoms with E-state index in [4.69, 9.17) is 9.72 Å². The second kappa shape index (κ2) is 9.79. The van der Waals surface area contributed by atoms with Gasteiger partial charge in [0.1, 0.15) is 22.8 Å². The summed E-state index contributed by atoms with van der Waals surface area (Å²) in [7, 11) is 0. The number of anilines is 3. The Kier molecular flexibility index (Phi) is 6.99. The lowest BCUT2D eigenvalue weighted by atomic mass is 9.84. The highest BCUT2D eigenvalue weighted by atomic mass is 19.1. The van der Waals surface area contributed by atoms with Crippen molar-refractivity contribution < 1.29 is 18.6 Å². The minimum atomic E-state index is -0.692. The maximum Gasteiger partial charge on any atom is 0.224 e. The van der Waals surface area contributed by atoms with Gasteiger partial charge in [0.05, 0.1) is 11.8 Å². The number of halogens is 2. The fourth-order valence-corrected chi connectivity index (χ4v) is 4.63. The van der Waals surface area contributed by atoms with Gasteiger partial charge in [-0.15, -0.1) is 0 Å². The van der Waals surface area contributed by atoms with E-state index >= 15 is 0 Å². The molecule has 0 atom stereocenters. The van der Waals surface area contributed by atoms with E-state index in [1.54, 1.807) is 6.20 Å². The van der Waals surface area contributed by atoms with Crippen LogP contribution >= 0.6 is 0 Å². The third-order valence-corrected chi connectivity index (χ3v) is 6.58. The molecule has 2 aliphatic rings. The number of hydrogen-bond acceptors (Lipinski definition) is 7. The first-order valence-corrected chi connectivity index (χ1v) is 11.4. The van der Waals surface area contributed by atoms with Gasteiger partial charge in [-0.3, -0.25) is 4.57 Å². The normalized spacial score (nSPS) is 23.5. The van der Waals surface area contributed by atoms with Crippen LogP contribution in [0.3, 0.4) is 0 Å². The average Bonchev–Trinajstić information content (AvgIpc) is 3.16. The van der Waals surface area contributed by atoms with Crippen molar-refractivity contribution in [3.8, 4) is 0 Å². The Labute approximate surface area is 197 Å². The lowest BCUT2D eigenvalue weighted by Gasteiger charge is -2.33. The van der Waals surface area contributed by atoms with E-state index in [9.17, 15) is 13.9 Å². The van der Waals surface area contributed by atoms with Crippen molar-refractivity contribution in [2.45, 2.75) is 70.6 Å². The van der Waals surface area contributed by atoms with Crippen molar-refractivity contribution in [1.82, 2.24) is 19.5 Å². The molecule has 8 nitrogen and oxygen atoms in total. The fraction of sp³-hybridized carbons (Fsp3) is 0.542. The van der Waals surface area contributed by atoms with Gasteiger partial charge >= 0.3 is 0 Å². The molecule has 0 amide bonds. The maximum absolute atomic E-state index is 14.3. The number of imidazole rings is 1. The van der Waals surface area contributed by atoms with Crippen LogP contribution in [0.15, 0.2) is 24.4 Å². The van der Waals surface area contributed by atoms with Crippen LogP contribution in [-0.4, -0.2) is 49.5 Å². The molecule has 3 heterocycles. The van der Waals surface area contributed by atoms with Crippen LogP contribution in [0.2, 0.25) is 0 Å². The summed E-state index contributed by atoms with van der Waals surface area (Å²) in [5.41, 5.74) is 0.272. The highest BCUT2D eigenvalue weighted by Gasteiger charge is 2.29. The molecule has 1 saturated heterocycles. The van der Waals surface area contributed by atoms with Crippen molar-refractivity contribution in [2.75, 3.05) is 23.8 Å². The summed E-state index contributed by atoms with van der Waals surface area (Å²) in [6.45, 7) is 3.05. The van der Waals surface area contributed by atoms with E-state index in [1.165, 1.54) is 18.2 Å². The molecular formula is C24H32F2N6O2. The second-order valence-corrected chi connectivity index (χ2v) is 9.19. The number of rotatable bonds is 5. The number of nitrogens with zero attached hydrogens (tertiary/aromatic N) is 4. The number of para-hydroxylation sites is 1. The second-order valence-electron chi connectivity index (χ2n) is 9.19. The zero-order valence-electron chi connectivity index (χ0n) is 18.5. The Morgan fingerprint density at radius 1 is 1.09 bits per heavy atom. The molecule has 184 valence electrons. The lowest BCUT2D eigenvalue weighted by Crippen LogP contribution is -2.36. The number of benzene rings is 1. The number of fused-ring (bicyclic) bond motifs is 1. The van der Waals surface area contributed by atoms with E-state index in [0.29, 0.717) is 36.3 Å². The monoisotopic (exact) mass is 474 g/mol. The molecule has 1 saturated carbocycles. The van der Waals surface area contributed by atoms with Crippen molar-refractivity contribution in [3.63, 3.8) is 0 Å². The molecule has 0 radical (unpaired) electrons. The summed E-state index contributed by atoms with van der Waals surface area (Å²) < 4.78 is 36.1. The van der Waals surface area contributed by atoms with Crippen LogP contribution in [-0.2, 0) is 4.74 Å². The minimum Gasteiger partial charge on any atom is -0.390 e. The zero-order valence-corrected chi connectivity index (χ0v) is 18.5. The smallest absolute Gasteiger partial charge is 0.224 e. The van der Waals surface area contributed by atoms with Gasteiger partial charge < -0.3 is 20.5 Å². The number of aromatic nitrogens is 4. The third kappa shape index (κ3) is 4.97. The number of ether oxygens (including phenoxy) is 1. The standard InChI is InChI=1S/C23H28F2N6O2.CH4/c1-23(32)9-5-14(6-10-23)27-21-26-13-18-20(30-21)31(15-7-11-33-12-8-15)22(28-18)29-19-16(24)3-2-4-17(19)25;/h2-4,13-15,32H,5-12H2,1H3,(H,28,29)(H,26,27,30);1H4. The quantitative estimate of drug-likeness (QED) is 0.482. The molecule has 5 rings (SSSR count). The highest BCUT2D eigenvalue weighted by molar-refractivity contribution is 5.76. The van der Waals surface area contributed by atoms with E-state index in [1.807, 2.05) is 11.5 Å². The van der Waals surface area contributed by atoms with E-state index in [-0.39, 0.29) is 25.2 Å². The molecule has 1 aromatic carbocycles. The van der Waals surface area contributed by atoms with Gasteiger partial charge in [0, 0.05) is 25.3 Å². The summed E-state index contributed by atoms with van der Waals surface area (Å²) in [6, 6.07) is 3.93. The van der Waals surface area contributed by atoms with Crippen molar-refractivity contribution in [3.05, 3.63) is 36.0 Å². The van der Waals surface area contributed by atoms with Crippen LogP contribution in [0.1, 0.15) is 58.9 Å². The lowest BCUT2D eigenvalue weighted by molar-refractivity contribution is 0.0195. The first-order valence-electron chi connectivity index (χ1n) is 11.4. The molecule has 34 heavy (non-hydrogen) atoms. The van der Waals surface area contributed by atoms with Crippen LogP contribution in [0.5, 0.6) is 0 Å². The van der Waals surface area contributed by atoms with E-state index < -0.39 is 17.2 Å². The van der Waals surface area contributed by atoms with Crippen molar-refractivity contribution in [1.29, 1.82) is 0 Å². The van der Waals surface area contributed by atoms with Crippen LogP contribution in [0.4, 0.5) is 26.4 Å². The predicted molar refractivity (Wildman–Crippen MR) is 127 cm³/mol. The Hall–Kier alpha value is -2.85. The van der Waals surface area contributed by atoms with Gasteiger partial charge in [-0.1, -0.05) is 13.5 Å². The summed E-state index contributed by atoms with van der Waals surface area (Å²) in [5.74, 6) is -0.587. The molecule has 1 aliphatic heterocycles. The van der Waals surface area contributed by atoms with Gasteiger partial charge in [0.15, 0.2) is 5.65 Å². The fourth-order valence-electron chi connectivity index (χ4n) is 4.63. The number of aliphatic hydroxyl groups is 1. The molecule has 10 heteroatoms. The number of hydrogen-bond donors (Lipinski definition) is 3. The molecule has 3 aromatic rings. The van der Waals surface area contributed by atoms with Crippen LogP contribution < -0.4 is 10.6 Å². The van der Waals surface area contributed by atoms with Gasteiger partial charge in [-0.05, 0) is 57.6 Å². The Morgan fingerprint density at radius 2 is 1.76 bits per heavy atom. The van der Waals surface area contributed by atoms with E-state index in [2.05, 4.69) is 20.6 Å². The first kappa shape index (κ1) is 24.3. The van der Waals surface area contributed by atoms with Crippen LogP contribution in [0.25, 0.3) is 11.2 Å². The van der Waals surface area contributed by atoms with Gasteiger partial charge in [-0.25, -0.2) is 18.7 Å². The minimum absolute atomic E-state index is 0. The Balaban J connectivity index is 0.00000274.